The number of hydrogen-bond acceptors (Lipinski definition) is 10. The highest BCUT2D eigenvalue weighted by Crippen LogP contribution is 2.39. The third kappa shape index (κ3) is 5.31. The molecule has 12 nitrogen and oxygen atoms in total. The zero-order valence-corrected chi connectivity index (χ0v) is 16.7. The standard InChI is InChI=1S/C12H12F6N2O10S2/c13-11(14,15)31(24,25)28-4-10(5-29-32(26,27)12(16,17)18)6(21)3-8(30-10)20-2-1-7(22)19-9(20)23/h1-2,6,8,21H,3-5H2,(H,19,22,23)/t6-,8+/m0/s1. The van der Waals surface area contributed by atoms with E-state index in [1.807, 2.05) is 0 Å². The van der Waals surface area contributed by atoms with Crippen molar-refractivity contribution >= 4 is 20.2 Å². The molecule has 2 rings (SSSR count). The summed E-state index contributed by atoms with van der Waals surface area (Å²) in [6.07, 6.45) is -3.89. The summed E-state index contributed by atoms with van der Waals surface area (Å²) in [6.45, 7) is -3.70. The topological polar surface area (TPSA) is 171 Å². The van der Waals surface area contributed by atoms with Crippen molar-refractivity contribution in [3.05, 3.63) is 33.1 Å². The summed E-state index contributed by atoms with van der Waals surface area (Å²) in [4.78, 5) is 24.7. The summed E-state index contributed by atoms with van der Waals surface area (Å²) in [5.41, 5.74) is -17.0. The Morgan fingerprint density at radius 1 is 1.06 bits per heavy atom. The monoisotopic (exact) mass is 522 g/mol. The van der Waals surface area contributed by atoms with Crippen molar-refractivity contribution in [2.75, 3.05) is 13.2 Å². The second-order valence-electron chi connectivity index (χ2n) is 6.23. The van der Waals surface area contributed by atoms with E-state index < -0.39 is 80.1 Å². The van der Waals surface area contributed by atoms with E-state index in [-0.39, 0.29) is 0 Å². The van der Waals surface area contributed by atoms with Gasteiger partial charge in [0.25, 0.3) is 5.56 Å². The van der Waals surface area contributed by atoms with Crippen molar-refractivity contribution in [1.29, 1.82) is 0 Å². The highest BCUT2D eigenvalue weighted by Gasteiger charge is 2.56. The quantitative estimate of drug-likeness (QED) is 0.265. The lowest BCUT2D eigenvalue weighted by molar-refractivity contribution is -0.146. The number of nitrogens with one attached hydrogen (secondary N) is 1. The van der Waals surface area contributed by atoms with E-state index in [0.29, 0.717) is 4.57 Å². The fraction of sp³-hybridized carbons (Fsp3) is 0.667. The molecular weight excluding hydrogens is 510 g/mol. The predicted molar refractivity (Wildman–Crippen MR) is 86.7 cm³/mol. The lowest BCUT2D eigenvalue weighted by Crippen LogP contribution is -2.50. The molecule has 184 valence electrons. The summed E-state index contributed by atoms with van der Waals surface area (Å²) in [7, 11) is -12.7. The number of aromatic nitrogens is 2. The Morgan fingerprint density at radius 2 is 1.53 bits per heavy atom. The molecule has 0 amide bonds. The summed E-state index contributed by atoms with van der Waals surface area (Å²) < 4.78 is 133. The van der Waals surface area contributed by atoms with Crippen LogP contribution in [0.1, 0.15) is 12.6 Å². The van der Waals surface area contributed by atoms with Crippen LogP contribution in [-0.2, 0) is 33.3 Å². The zero-order valence-electron chi connectivity index (χ0n) is 15.1. The number of hydrogen-bond donors (Lipinski definition) is 2. The van der Waals surface area contributed by atoms with E-state index in [1.54, 1.807) is 4.98 Å². The molecule has 1 aromatic rings. The lowest BCUT2D eigenvalue weighted by atomic mass is 9.99. The van der Waals surface area contributed by atoms with E-state index >= 15 is 0 Å². The highest BCUT2D eigenvalue weighted by molar-refractivity contribution is 7.87. The van der Waals surface area contributed by atoms with Crippen molar-refractivity contribution in [2.45, 2.75) is 35.4 Å². The average Bonchev–Trinajstić information content (AvgIpc) is 2.93. The summed E-state index contributed by atoms with van der Waals surface area (Å²) >= 11 is 0. The number of aliphatic hydroxyl groups is 1. The van der Waals surface area contributed by atoms with Gasteiger partial charge in [-0.25, -0.2) is 4.79 Å². The Balaban J connectivity index is 2.41. The van der Waals surface area contributed by atoms with Crippen LogP contribution in [0, 0.1) is 0 Å². The Kier molecular flexibility index (Phi) is 6.90. The Morgan fingerprint density at radius 3 is 1.94 bits per heavy atom. The number of aliphatic hydroxyl groups excluding tert-OH is 1. The van der Waals surface area contributed by atoms with E-state index in [1.165, 1.54) is 0 Å². The van der Waals surface area contributed by atoms with Crippen LogP contribution in [-0.4, -0.2) is 67.4 Å². The first kappa shape index (κ1) is 26.3. The number of alkyl halides is 6. The van der Waals surface area contributed by atoms with Gasteiger partial charge in [0.15, 0.2) is 0 Å². The lowest BCUT2D eigenvalue weighted by Gasteiger charge is -2.31. The number of H-pyrrole nitrogens is 1. The maximum Gasteiger partial charge on any atom is 0.523 e. The van der Waals surface area contributed by atoms with Gasteiger partial charge in [0, 0.05) is 18.7 Å². The Labute approximate surface area is 173 Å². The largest absolute Gasteiger partial charge is 0.523 e. The van der Waals surface area contributed by atoms with Gasteiger partial charge in [-0.05, 0) is 0 Å². The maximum absolute atomic E-state index is 12.5. The number of nitrogens with zero attached hydrogens (tertiary/aromatic N) is 1. The zero-order chi connectivity index (χ0) is 24.8. The molecule has 1 fully saturated rings. The molecule has 1 aromatic heterocycles. The molecule has 0 unspecified atom stereocenters. The van der Waals surface area contributed by atoms with Gasteiger partial charge in [-0.2, -0.15) is 43.2 Å². The highest BCUT2D eigenvalue weighted by atomic mass is 32.2. The van der Waals surface area contributed by atoms with Crippen molar-refractivity contribution in [3.8, 4) is 0 Å². The van der Waals surface area contributed by atoms with Crippen molar-refractivity contribution < 1.29 is 61.4 Å². The van der Waals surface area contributed by atoms with Gasteiger partial charge in [-0.1, -0.05) is 0 Å². The molecule has 1 saturated heterocycles. The molecule has 1 aliphatic rings. The third-order valence-electron chi connectivity index (χ3n) is 4.05. The second kappa shape index (κ2) is 8.41. The minimum Gasteiger partial charge on any atom is -0.390 e. The van der Waals surface area contributed by atoms with Gasteiger partial charge in [-0.15, -0.1) is 0 Å². The summed E-state index contributed by atoms with van der Waals surface area (Å²) in [6, 6.07) is 0.770. The van der Waals surface area contributed by atoms with Crippen molar-refractivity contribution in [1.82, 2.24) is 9.55 Å². The van der Waals surface area contributed by atoms with E-state index in [9.17, 15) is 57.9 Å². The Bertz CT molecular complexity index is 1120. The van der Waals surface area contributed by atoms with Crippen molar-refractivity contribution in [2.24, 2.45) is 0 Å². The number of aromatic amines is 1. The average molecular weight is 522 g/mol. The maximum atomic E-state index is 12.5. The number of halogens is 6. The minimum absolute atomic E-state index is 0.545. The molecule has 0 saturated carbocycles. The number of rotatable bonds is 7. The molecule has 0 spiro atoms. The first-order valence-electron chi connectivity index (χ1n) is 7.90. The minimum atomic E-state index is -6.36. The molecular formula is C12H12F6N2O10S2. The van der Waals surface area contributed by atoms with Gasteiger partial charge >= 0.3 is 36.9 Å². The van der Waals surface area contributed by atoms with Crippen LogP contribution in [0.4, 0.5) is 26.3 Å². The van der Waals surface area contributed by atoms with E-state index in [2.05, 4.69) is 8.37 Å². The van der Waals surface area contributed by atoms with E-state index in [0.717, 1.165) is 12.3 Å². The molecule has 0 aliphatic carbocycles. The molecule has 20 heteroatoms. The van der Waals surface area contributed by atoms with Crippen LogP contribution in [0.3, 0.4) is 0 Å². The second-order valence-corrected chi connectivity index (χ2v) is 9.44. The van der Waals surface area contributed by atoms with Crippen LogP contribution in [0.15, 0.2) is 21.9 Å². The SMILES string of the molecule is O=c1ccn([C@H]2C[C@H](O)C(COS(=O)(=O)C(F)(F)F)(COS(=O)(=O)C(F)(F)F)O2)c(=O)[nH]1. The van der Waals surface area contributed by atoms with Crippen LogP contribution >= 0.6 is 0 Å². The molecule has 32 heavy (non-hydrogen) atoms. The molecule has 2 heterocycles. The van der Waals surface area contributed by atoms with Crippen LogP contribution in [0.25, 0.3) is 0 Å². The van der Waals surface area contributed by atoms with Crippen molar-refractivity contribution in [3.63, 3.8) is 0 Å². The van der Waals surface area contributed by atoms with Gasteiger partial charge in [0.2, 0.25) is 0 Å². The predicted octanol–water partition coefficient (Wildman–Crippen LogP) is -0.712. The number of ether oxygens (including phenoxy) is 1. The normalized spacial score (nSPS) is 22.2. The Hall–Kier alpha value is -2.00. The molecule has 0 bridgehead atoms. The van der Waals surface area contributed by atoms with Gasteiger partial charge < -0.3 is 9.84 Å². The smallest absolute Gasteiger partial charge is 0.390 e. The van der Waals surface area contributed by atoms with Crippen LogP contribution < -0.4 is 11.2 Å². The van der Waals surface area contributed by atoms with Gasteiger partial charge in [0.1, 0.15) is 25.0 Å². The molecule has 0 aromatic carbocycles. The first-order chi connectivity index (χ1) is 14.3. The molecule has 1 aliphatic heterocycles. The fourth-order valence-corrected chi connectivity index (χ4v) is 3.39. The van der Waals surface area contributed by atoms with Crippen LogP contribution in [0.2, 0.25) is 0 Å². The van der Waals surface area contributed by atoms with Gasteiger partial charge in [0.05, 0.1) is 6.10 Å². The summed E-state index contributed by atoms with van der Waals surface area (Å²) in [5.74, 6) is 0. The van der Waals surface area contributed by atoms with Gasteiger partial charge in [-0.3, -0.25) is 22.7 Å². The summed E-state index contributed by atoms with van der Waals surface area (Å²) in [5, 5.41) is 10.2. The third-order valence-corrected chi connectivity index (χ3v) is 6.04. The molecule has 2 N–H and O–H groups in total. The molecule has 2 atom stereocenters. The van der Waals surface area contributed by atoms with Crippen LogP contribution in [0.5, 0.6) is 0 Å². The van der Waals surface area contributed by atoms with E-state index in [4.69, 9.17) is 4.74 Å². The molecule has 0 radical (unpaired) electrons. The first-order valence-corrected chi connectivity index (χ1v) is 10.7. The fourth-order valence-electron chi connectivity index (χ4n) is 2.42.